The number of rotatable bonds is 3. The number of benzene rings is 1. The number of esters is 1. The number of cyclic esters (lactones) is 1. The van der Waals surface area contributed by atoms with E-state index in [2.05, 4.69) is 0 Å². The van der Waals surface area contributed by atoms with Gasteiger partial charge in [0, 0.05) is 17.9 Å². The summed E-state index contributed by atoms with van der Waals surface area (Å²) in [6.45, 7) is 2.03. The molecule has 0 bridgehead atoms. The van der Waals surface area contributed by atoms with Crippen LogP contribution in [-0.2, 0) is 9.53 Å². The normalized spacial score (nSPS) is 16.3. The Morgan fingerprint density at radius 3 is 2.86 bits per heavy atom. The lowest BCUT2D eigenvalue weighted by atomic mass is 10.1. The molecule has 2 heterocycles. The molecule has 3 rings (SSSR count). The van der Waals surface area contributed by atoms with Crippen LogP contribution in [0.1, 0.15) is 18.4 Å². The Morgan fingerprint density at radius 2 is 2.14 bits per heavy atom. The summed E-state index contributed by atoms with van der Waals surface area (Å²) in [5, 5.41) is 0.856. The Bertz CT molecular complexity index is 834. The van der Waals surface area contributed by atoms with E-state index in [4.69, 9.17) is 25.5 Å². The van der Waals surface area contributed by atoms with Crippen molar-refractivity contribution in [3.63, 3.8) is 0 Å². The van der Waals surface area contributed by atoms with Crippen LogP contribution in [0.4, 0.5) is 0 Å². The molecule has 0 atom stereocenters. The summed E-state index contributed by atoms with van der Waals surface area (Å²) in [4.78, 5) is 22.6. The van der Waals surface area contributed by atoms with Gasteiger partial charge in [-0.3, -0.25) is 4.79 Å². The summed E-state index contributed by atoms with van der Waals surface area (Å²) in [7, 11) is 0. The van der Waals surface area contributed by atoms with Gasteiger partial charge in [0.15, 0.2) is 0 Å². The summed E-state index contributed by atoms with van der Waals surface area (Å²) in [6.07, 6.45) is 2.73. The third kappa shape index (κ3) is 2.85. The number of halogens is 1. The SMILES string of the molecule is Cc1c(Cl)c(=O)oc2cc(OC/C=C3\CCC(=O)O3)ccc12. The number of carbonyl (C=O) groups excluding carboxylic acids is 1. The van der Waals surface area contributed by atoms with Crippen LogP contribution in [-0.4, -0.2) is 12.6 Å². The van der Waals surface area contributed by atoms with Crippen molar-refractivity contribution in [3.05, 3.63) is 51.0 Å². The number of aryl methyl sites for hydroxylation is 1. The average Bonchev–Trinajstić information content (AvgIpc) is 2.90. The number of fused-ring (bicyclic) bond motifs is 1. The zero-order valence-electron chi connectivity index (χ0n) is 11.8. The van der Waals surface area contributed by atoms with Crippen LogP contribution in [0.2, 0.25) is 5.02 Å². The lowest BCUT2D eigenvalue weighted by Gasteiger charge is -2.07. The first-order valence-electron chi connectivity index (χ1n) is 6.80. The second kappa shape index (κ2) is 5.85. The van der Waals surface area contributed by atoms with Gasteiger partial charge in [0.1, 0.15) is 28.7 Å². The molecule has 0 aliphatic carbocycles. The largest absolute Gasteiger partial charge is 0.489 e. The van der Waals surface area contributed by atoms with Gasteiger partial charge < -0.3 is 13.9 Å². The van der Waals surface area contributed by atoms with Crippen molar-refractivity contribution < 1.29 is 18.7 Å². The Hall–Kier alpha value is -2.27. The molecule has 0 saturated carbocycles. The van der Waals surface area contributed by atoms with Crippen molar-refractivity contribution >= 4 is 28.5 Å². The fourth-order valence-electron chi connectivity index (χ4n) is 2.25. The fourth-order valence-corrected chi connectivity index (χ4v) is 2.39. The van der Waals surface area contributed by atoms with E-state index in [1.54, 1.807) is 31.2 Å². The van der Waals surface area contributed by atoms with E-state index in [1.807, 2.05) is 0 Å². The van der Waals surface area contributed by atoms with Crippen molar-refractivity contribution in [2.24, 2.45) is 0 Å². The highest BCUT2D eigenvalue weighted by molar-refractivity contribution is 6.31. The lowest BCUT2D eigenvalue weighted by molar-refractivity contribution is -0.135. The Kier molecular flexibility index (Phi) is 3.90. The summed E-state index contributed by atoms with van der Waals surface area (Å²) in [5.74, 6) is 0.963. The van der Waals surface area contributed by atoms with Crippen LogP contribution in [0.15, 0.2) is 39.2 Å². The first kappa shape index (κ1) is 14.7. The monoisotopic (exact) mass is 320 g/mol. The van der Waals surface area contributed by atoms with E-state index in [0.717, 1.165) is 5.39 Å². The number of hydrogen-bond acceptors (Lipinski definition) is 5. The molecule has 2 aromatic rings. The minimum absolute atomic E-state index is 0.0916. The number of hydrogen-bond donors (Lipinski definition) is 0. The van der Waals surface area contributed by atoms with E-state index >= 15 is 0 Å². The molecule has 1 aliphatic heterocycles. The Morgan fingerprint density at radius 1 is 1.32 bits per heavy atom. The fraction of sp³-hybridized carbons (Fsp3) is 0.250. The molecule has 6 heteroatoms. The van der Waals surface area contributed by atoms with Crippen LogP contribution in [0.3, 0.4) is 0 Å². The highest BCUT2D eigenvalue weighted by atomic mass is 35.5. The second-order valence-electron chi connectivity index (χ2n) is 4.94. The molecule has 5 nitrogen and oxygen atoms in total. The summed E-state index contributed by atoms with van der Waals surface area (Å²) in [6, 6.07) is 5.20. The molecule has 1 aromatic heterocycles. The number of ether oxygens (including phenoxy) is 2. The van der Waals surface area contributed by atoms with E-state index in [1.165, 1.54) is 0 Å². The molecular formula is C16H13ClO5. The number of allylic oxidation sites excluding steroid dienone is 1. The van der Waals surface area contributed by atoms with E-state index < -0.39 is 5.63 Å². The predicted molar refractivity (Wildman–Crippen MR) is 81.1 cm³/mol. The topological polar surface area (TPSA) is 65.7 Å². The summed E-state index contributed by atoms with van der Waals surface area (Å²) >= 11 is 5.88. The molecule has 0 N–H and O–H groups in total. The number of carbonyl (C=O) groups is 1. The van der Waals surface area contributed by atoms with Gasteiger partial charge in [-0.2, -0.15) is 0 Å². The molecule has 1 fully saturated rings. The maximum absolute atomic E-state index is 11.6. The first-order valence-corrected chi connectivity index (χ1v) is 7.18. The molecule has 0 amide bonds. The molecule has 0 radical (unpaired) electrons. The standard InChI is InChI=1S/C16H13ClO5/c1-9-12-4-2-11(8-13(12)22-16(19)15(9)17)20-7-6-10-3-5-14(18)21-10/h2,4,6,8H,3,5,7H2,1H3/b10-6+. The van der Waals surface area contributed by atoms with Crippen molar-refractivity contribution in [1.82, 2.24) is 0 Å². The van der Waals surface area contributed by atoms with Gasteiger partial charge in [0.2, 0.25) is 0 Å². The predicted octanol–water partition coefficient (Wildman–Crippen LogP) is 3.35. The second-order valence-corrected chi connectivity index (χ2v) is 5.32. The summed E-state index contributed by atoms with van der Waals surface area (Å²) < 4.78 is 15.7. The zero-order valence-corrected chi connectivity index (χ0v) is 12.6. The van der Waals surface area contributed by atoms with Crippen LogP contribution in [0.25, 0.3) is 11.0 Å². The third-order valence-electron chi connectivity index (χ3n) is 3.45. The minimum Gasteiger partial charge on any atom is -0.489 e. The molecule has 22 heavy (non-hydrogen) atoms. The highest BCUT2D eigenvalue weighted by Gasteiger charge is 2.16. The molecule has 1 aliphatic rings. The van der Waals surface area contributed by atoms with Crippen LogP contribution in [0, 0.1) is 6.92 Å². The Labute approximate surface area is 131 Å². The van der Waals surface area contributed by atoms with Crippen molar-refractivity contribution in [1.29, 1.82) is 0 Å². The van der Waals surface area contributed by atoms with Gasteiger partial charge in [-0.1, -0.05) is 11.6 Å². The van der Waals surface area contributed by atoms with Crippen LogP contribution >= 0.6 is 11.6 Å². The zero-order chi connectivity index (χ0) is 15.7. The van der Waals surface area contributed by atoms with Gasteiger partial charge in [0.25, 0.3) is 0 Å². The maximum Gasteiger partial charge on any atom is 0.355 e. The van der Waals surface area contributed by atoms with Gasteiger partial charge in [-0.15, -0.1) is 0 Å². The average molecular weight is 321 g/mol. The van der Waals surface area contributed by atoms with E-state index in [-0.39, 0.29) is 17.6 Å². The lowest BCUT2D eigenvalue weighted by Crippen LogP contribution is -2.02. The minimum atomic E-state index is -0.566. The quantitative estimate of drug-likeness (QED) is 0.641. The molecule has 0 unspecified atom stereocenters. The van der Waals surface area contributed by atoms with Crippen LogP contribution < -0.4 is 10.4 Å². The van der Waals surface area contributed by atoms with Gasteiger partial charge in [0.05, 0.1) is 6.42 Å². The third-order valence-corrected chi connectivity index (χ3v) is 3.89. The Balaban J connectivity index is 1.79. The van der Waals surface area contributed by atoms with E-state index in [0.29, 0.717) is 35.5 Å². The molecular weight excluding hydrogens is 308 g/mol. The van der Waals surface area contributed by atoms with Gasteiger partial charge >= 0.3 is 11.6 Å². The summed E-state index contributed by atoms with van der Waals surface area (Å²) in [5.41, 5.74) is 0.535. The smallest absolute Gasteiger partial charge is 0.355 e. The van der Waals surface area contributed by atoms with Gasteiger partial charge in [-0.05, 0) is 30.7 Å². The first-order chi connectivity index (χ1) is 10.5. The van der Waals surface area contributed by atoms with Crippen molar-refractivity contribution in [2.75, 3.05) is 6.61 Å². The molecule has 114 valence electrons. The highest BCUT2D eigenvalue weighted by Crippen LogP contribution is 2.26. The van der Waals surface area contributed by atoms with Crippen molar-refractivity contribution in [2.45, 2.75) is 19.8 Å². The molecule has 0 spiro atoms. The van der Waals surface area contributed by atoms with Crippen LogP contribution in [0.5, 0.6) is 5.75 Å². The maximum atomic E-state index is 11.6. The van der Waals surface area contributed by atoms with Crippen molar-refractivity contribution in [3.8, 4) is 5.75 Å². The van der Waals surface area contributed by atoms with Gasteiger partial charge in [-0.25, -0.2) is 4.79 Å². The van der Waals surface area contributed by atoms with E-state index in [9.17, 15) is 9.59 Å². The molecule has 1 saturated heterocycles. The molecule has 1 aromatic carbocycles.